The quantitative estimate of drug-likeness (QED) is 0.264. The van der Waals surface area contributed by atoms with Crippen molar-refractivity contribution in [1.82, 2.24) is 0 Å². The lowest BCUT2D eigenvalue weighted by molar-refractivity contribution is -0.131. The third-order valence-corrected chi connectivity index (χ3v) is 2.34. The number of allylic oxidation sites excluding steroid dienone is 7. The number of aliphatic carboxylic acids is 1. The van der Waals surface area contributed by atoms with Crippen molar-refractivity contribution in [2.24, 2.45) is 0 Å². The van der Waals surface area contributed by atoms with Crippen molar-refractivity contribution in [2.75, 3.05) is 0 Å². The van der Waals surface area contributed by atoms with E-state index in [1.807, 2.05) is 6.08 Å². The third kappa shape index (κ3) is 14.4. The molecule has 0 atom stereocenters. The van der Waals surface area contributed by atoms with E-state index in [9.17, 15) is 4.79 Å². The third-order valence-electron chi connectivity index (χ3n) is 2.34. The van der Waals surface area contributed by atoms with Crippen LogP contribution in [0.25, 0.3) is 0 Å². The van der Waals surface area contributed by atoms with Crippen molar-refractivity contribution >= 4 is 5.97 Å². The number of hydrogen-bond donors (Lipinski definition) is 1. The van der Waals surface area contributed by atoms with Gasteiger partial charge in [-0.2, -0.15) is 0 Å². The Morgan fingerprint density at radius 2 is 1.61 bits per heavy atom. The van der Waals surface area contributed by atoms with Crippen LogP contribution in [0.5, 0.6) is 0 Å². The summed E-state index contributed by atoms with van der Waals surface area (Å²) in [6, 6.07) is 0. The van der Waals surface area contributed by atoms with Crippen LogP contribution in [0.4, 0.5) is 0 Å². The van der Waals surface area contributed by atoms with Crippen LogP contribution < -0.4 is 0 Å². The molecule has 0 aromatic carbocycles. The van der Waals surface area contributed by atoms with E-state index in [1.165, 1.54) is 31.8 Å². The van der Waals surface area contributed by atoms with Crippen LogP contribution in [-0.2, 0) is 4.79 Å². The van der Waals surface area contributed by atoms with Gasteiger partial charge in [-0.25, -0.2) is 4.79 Å². The maximum Gasteiger partial charge on any atom is 0.328 e. The molecule has 0 saturated carbocycles. The largest absolute Gasteiger partial charge is 0.478 e. The summed E-state index contributed by atoms with van der Waals surface area (Å²) in [4.78, 5) is 10.2. The first-order valence-electron chi connectivity index (χ1n) is 6.63. The van der Waals surface area contributed by atoms with Crippen LogP contribution >= 0.6 is 0 Å². The van der Waals surface area contributed by atoms with Gasteiger partial charge in [0, 0.05) is 6.08 Å². The second-order valence-corrected chi connectivity index (χ2v) is 4.04. The molecule has 0 heterocycles. The molecular formula is C16H24O2. The summed E-state index contributed by atoms with van der Waals surface area (Å²) in [5, 5.41) is 8.35. The van der Waals surface area contributed by atoms with Gasteiger partial charge in [0.2, 0.25) is 0 Å². The van der Waals surface area contributed by atoms with Crippen LogP contribution in [0.3, 0.4) is 0 Å². The van der Waals surface area contributed by atoms with Gasteiger partial charge >= 0.3 is 5.97 Å². The number of carboxylic acids is 1. The van der Waals surface area contributed by atoms with Crippen LogP contribution in [0.2, 0.25) is 0 Å². The van der Waals surface area contributed by atoms with Gasteiger partial charge in [-0.1, -0.05) is 62.3 Å². The molecule has 1 N–H and O–H groups in total. The molecule has 0 bridgehead atoms. The minimum Gasteiger partial charge on any atom is -0.478 e. The zero-order valence-corrected chi connectivity index (χ0v) is 11.2. The summed E-state index contributed by atoms with van der Waals surface area (Å²) in [5.74, 6) is -0.914. The zero-order valence-electron chi connectivity index (χ0n) is 11.2. The van der Waals surface area contributed by atoms with Crippen molar-refractivity contribution in [3.63, 3.8) is 0 Å². The molecule has 0 aliphatic heterocycles. The van der Waals surface area contributed by atoms with Gasteiger partial charge in [0.25, 0.3) is 0 Å². The second-order valence-electron chi connectivity index (χ2n) is 4.04. The lowest BCUT2D eigenvalue weighted by Gasteiger charge is -1.90. The minimum absolute atomic E-state index is 0.841. The highest BCUT2D eigenvalue weighted by Crippen LogP contribution is 2.00. The fourth-order valence-electron chi connectivity index (χ4n) is 1.37. The highest BCUT2D eigenvalue weighted by Gasteiger charge is 1.81. The zero-order chi connectivity index (χ0) is 13.5. The fourth-order valence-corrected chi connectivity index (χ4v) is 1.37. The van der Waals surface area contributed by atoms with Crippen LogP contribution in [0.15, 0.2) is 48.6 Å². The molecule has 0 radical (unpaired) electrons. The number of rotatable bonds is 10. The molecule has 0 amide bonds. The molecule has 18 heavy (non-hydrogen) atoms. The Kier molecular flexibility index (Phi) is 12.3. The van der Waals surface area contributed by atoms with E-state index in [1.54, 1.807) is 6.08 Å². The van der Waals surface area contributed by atoms with E-state index in [0.717, 1.165) is 18.9 Å². The second kappa shape index (κ2) is 13.5. The molecule has 2 heteroatoms. The first-order valence-corrected chi connectivity index (χ1v) is 6.63. The Bertz CT molecular complexity index is 309. The van der Waals surface area contributed by atoms with Gasteiger partial charge in [0.05, 0.1) is 0 Å². The average molecular weight is 248 g/mol. The maximum atomic E-state index is 10.2. The van der Waals surface area contributed by atoms with E-state index >= 15 is 0 Å². The number of carboxylic acid groups (broad SMARTS) is 1. The molecule has 0 rings (SSSR count). The topological polar surface area (TPSA) is 37.3 Å². The molecule has 0 saturated heterocycles. The Morgan fingerprint density at radius 1 is 0.944 bits per heavy atom. The summed E-state index contributed by atoms with van der Waals surface area (Å²) < 4.78 is 0. The molecular weight excluding hydrogens is 224 g/mol. The average Bonchev–Trinajstić information content (AvgIpc) is 2.34. The predicted molar refractivity (Wildman–Crippen MR) is 77.6 cm³/mol. The molecule has 0 aliphatic rings. The van der Waals surface area contributed by atoms with E-state index < -0.39 is 5.97 Å². The van der Waals surface area contributed by atoms with E-state index in [0.29, 0.717) is 0 Å². The minimum atomic E-state index is -0.914. The fraction of sp³-hybridized carbons (Fsp3) is 0.438. The van der Waals surface area contributed by atoms with Crippen LogP contribution in [-0.4, -0.2) is 11.1 Å². The lowest BCUT2D eigenvalue weighted by Crippen LogP contribution is -1.84. The first-order chi connectivity index (χ1) is 8.77. The van der Waals surface area contributed by atoms with E-state index in [4.69, 9.17) is 5.11 Å². The van der Waals surface area contributed by atoms with Gasteiger partial charge in [-0.05, 0) is 25.7 Å². The highest BCUT2D eigenvalue weighted by molar-refractivity contribution is 5.80. The van der Waals surface area contributed by atoms with Crippen molar-refractivity contribution in [3.8, 4) is 0 Å². The summed E-state index contributed by atoms with van der Waals surface area (Å²) in [7, 11) is 0. The van der Waals surface area contributed by atoms with Gasteiger partial charge in [-0.3, -0.25) is 0 Å². The maximum absolute atomic E-state index is 10.2. The lowest BCUT2D eigenvalue weighted by atomic mass is 10.2. The SMILES string of the molecule is CCCCC/C=C\C/C=C\C/C=C\C=C\C(=O)O. The molecule has 0 aromatic rings. The summed E-state index contributed by atoms with van der Waals surface area (Å²) >= 11 is 0. The Hall–Kier alpha value is -1.57. The van der Waals surface area contributed by atoms with Gasteiger partial charge in [-0.15, -0.1) is 0 Å². The molecule has 100 valence electrons. The van der Waals surface area contributed by atoms with Gasteiger partial charge < -0.3 is 5.11 Å². The number of carbonyl (C=O) groups is 1. The van der Waals surface area contributed by atoms with Crippen LogP contribution in [0.1, 0.15) is 45.4 Å². The van der Waals surface area contributed by atoms with E-state index in [2.05, 4.69) is 31.2 Å². The van der Waals surface area contributed by atoms with Crippen molar-refractivity contribution < 1.29 is 9.90 Å². The van der Waals surface area contributed by atoms with Crippen molar-refractivity contribution in [2.45, 2.75) is 45.4 Å². The molecule has 0 aromatic heterocycles. The Morgan fingerprint density at radius 3 is 2.28 bits per heavy atom. The Labute approximate surface area is 110 Å². The van der Waals surface area contributed by atoms with E-state index in [-0.39, 0.29) is 0 Å². The normalized spacial score (nSPS) is 12.5. The first kappa shape index (κ1) is 16.4. The monoisotopic (exact) mass is 248 g/mol. The molecule has 0 aliphatic carbocycles. The summed E-state index contributed by atoms with van der Waals surface area (Å²) in [5.41, 5.74) is 0. The van der Waals surface area contributed by atoms with Crippen molar-refractivity contribution in [3.05, 3.63) is 48.6 Å². The molecule has 0 unspecified atom stereocenters. The van der Waals surface area contributed by atoms with Crippen molar-refractivity contribution in [1.29, 1.82) is 0 Å². The van der Waals surface area contributed by atoms with Gasteiger partial charge in [0.15, 0.2) is 0 Å². The highest BCUT2D eigenvalue weighted by atomic mass is 16.4. The molecule has 0 fully saturated rings. The Balaban J connectivity index is 3.45. The summed E-state index contributed by atoms with van der Waals surface area (Å²) in [6.45, 7) is 2.21. The van der Waals surface area contributed by atoms with Gasteiger partial charge in [0.1, 0.15) is 0 Å². The number of hydrogen-bond acceptors (Lipinski definition) is 1. The predicted octanol–water partition coefficient (Wildman–Crippen LogP) is 4.66. The smallest absolute Gasteiger partial charge is 0.328 e. The van der Waals surface area contributed by atoms with Crippen LogP contribution in [0, 0.1) is 0 Å². The number of unbranched alkanes of at least 4 members (excludes halogenated alkanes) is 3. The standard InChI is InChI=1S/C16H24O2/c1-2-3-4-5-6-7-8-9-10-11-12-13-14-15-16(17)18/h6-7,9-10,12-15H,2-5,8,11H2,1H3,(H,17,18)/b7-6-,10-9-,13-12-,15-14+. The summed E-state index contributed by atoms with van der Waals surface area (Å²) in [6.07, 6.45) is 21.9. The molecule has 0 spiro atoms. The molecule has 2 nitrogen and oxygen atoms in total.